The Morgan fingerprint density at radius 1 is 1.50 bits per heavy atom. The van der Waals surface area contributed by atoms with Crippen molar-refractivity contribution in [2.75, 3.05) is 13.1 Å². The number of halogens is 1. The van der Waals surface area contributed by atoms with Crippen molar-refractivity contribution < 1.29 is 0 Å². The van der Waals surface area contributed by atoms with Crippen LogP contribution in [0.25, 0.3) is 0 Å². The summed E-state index contributed by atoms with van der Waals surface area (Å²) >= 11 is 8.01. The van der Waals surface area contributed by atoms with E-state index < -0.39 is 0 Å². The Labute approximate surface area is 118 Å². The minimum absolute atomic E-state index is 0.221. The first-order valence-electron chi connectivity index (χ1n) is 6.76. The van der Waals surface area contributed by atoms with E-state index >= 15 is 0 Å². The number of nitrogens with zero attached hydrogens (tertiary/aromatic N) is 1. The van der Waals surface area contributed by atoms with Crippen LogP contribution in [0.4, 0.5) is 0 Å². The standard InChI is InChI=1S/C14H21ClN2S/c1-14(2)9-16-12(10-3-4-10)7-17(14)8-13-11(15)5-6-18-13/h5-6,10,12,16H,3-4,7-9H2,1-2H3. The number of hydrogen-bond acceptors (Lipinski definition) is 3. The summed E-state index contributed by atoms with van der Waals surface area (Å²) in [4.78, 5) is 3.91. The van der Waals surface area contributed by atoms with Gasteiger partial charge in [0.15, 0.2) is 0 Å². The van der Waals surface area contributed by atoms with Crippen LogP contribution in [0.3, 0.4) is 0 Å². The summed E-state index contributed by atoms with van der Waals surface area (Å²) in [6.07, 6.45) is 2.82. The maximum absolute atomic E-state index is 6.23. The molecule has 1 saturated carbocycles. The highest BCUT2D eigenvalue weighted by Gasteiger charge is 2.40. The lowest BCUT2D eigenvalue weighted by atomic mass is 9.95. The van der Waals surface area contributed by atoms with Gasteiger partial charge in [-0.3, -0.25) is 4.90 Å². The van der Waals surface area contributed by atoms with Crippen molar-refractivity contribution in [1.29, 1.82) is 0 Å². The van der Waals surface area contributed by atoms with Crippen molar-refractivity contribution in [3.8, 4) is 0 Å². The fourth-order valence-corrected chi connectivity index (χ4v) is 3.86. The minimum Gasteiger partial charge on any atom is -0.311 e. The van der Waals surface area contributed by atoms with Crippen LogP contribution < -0.4 is 5.32 Å². The molecule has 18 heavy (non-hydrogen) atoms. The second-order valence-electron chi connectivity index (χ2n) is 6.21. The Kier molecular flexibility index (Phi) is 3.43. The molecule has 100 valence electrons. The van der Waals surface area contributed by atoms with Gasteiger partial charge >= 0.3 is 0 Å². The van der Waals surface area contributed by atoms with Crippen LogP contribution in [0.1, 0.15) is 31.6 Å². The lowest BCUT2D eigenvalue weighted by Gasteiger charge is -2.46. The first-order chi connectivity index (χ1) is 8.56. The Morgan fingerprint density at radius 3 is 2.89 bits per heavy atom. The molecule has 1 atom stereocenters. The largest absolute Gasteiger partial charge is 0.311 e. The van der Waals surface area contributed by atoms with Crippen LogP contribution in [0.15, 0.2) is 11.4 Å². The molecule has 0 bridgehead atoms. The molecular weight excluding hydrogens is 264 g/mol. The molecule has 0 amide bonds. The van der Waals surface area contributed by atoms with E-state index in [-0.39, 0.29) is 5.54 Å². The highest BCUT2D eigenvalue weighted by molar-refractivity contribution is 7.10. The summed E-state index contributed by atoms with van der Waals surface area (Å²) in [6.45, 7) is 7.88. The normalized spacial score (nSPS) is 28.5. The smallest absolute Gasteiger partial charge is 0.0558 e. The summed E-state index contributed by atoms with van der Waals surface area (Å²) in [7, 11) is 0. The third-order valence-corrected chi connectivity index (χ3v) is 5.66. The van der Waals surface area contributed by atoms with Gasteiger partial charge < -0.3 is 5.32 Å². The Bertz CT molecular complexity index is 425. The third-order valence-electron chi connectivity index (χ3n) is 4.29. The van der Waals surface area contributed by atoms with E-state index in [1.165, 1.54) is 17.7 Å². The topological polar surface area (TPSA) is 15.3 Å². The fourth-order valence-electron chi connectivity index (χ4n) is 2.75. The number of piperazine rings is 1. The van der Waals surface area contributed by atoms with Gasteiger partial charge in [0, 0.05) is 36.1 Å². The lowest BCUT2D eigenvalue weighted by Crippen LogP contribution is -2.62. The van der Waals surface area contributed by atoms with Crippen molar-refractivity contribution in [3.63, 3.8) is 0 Å². The van der Waals surface area contributed by atoms with Gasteiger partial charge in [-0.15, -0.1) is 11.3 Å². The van der Waals surface area contributed by atoms with Crippen molar-refractivity contribution in [2.45, 2.75) is 44.8 Å². The van der Waals surface area contributed by atoms with Gasteiger partial charge in [-0.25, -0.2) is 0 Å². The second-order valence-corrected chi connectivity index (χ2v) is 7.62. The van der Waals surface area contributed by atoms with Crippen LogP contribution in [0, 0.1) is 5.92 Å². The quantitative estimate of drug-likeness (QED) is 0.916. The molecule has 0 aromatic carbocycles. The van der Waals surface area contributed by atoms with Gasteiger partial charge in [0.1, 0.15) is 0 Å². The van der Waals surface area contributed by atoms with Crippen molar-refractivity contribution >= 4 is 22.9 Å². The van der Waals surface area contributed by atoms with E-state index in [0.717, 1.165) is 30.6 Å². The molecule has 2 aliphatic rings. The van der Waals surface area contributed by atoms with E-state index in [2.05, 4.69) is 29.4 Å². The van der Waals surface area contributed by atoms with Crippen LogP contribution in [-0.2, 0) is 6.54 Å². The molecule has 2 fully saturated rings. The molecule has 1 aliphatic heterocycles. The molecule has 0 radical (unpaired) electrons. The molecule has 3 rings (SSSR count). The molecule has 2 heterocycles. The minimum atomic E-state index is 0.221. The molecule has 1 saturated heterocycles. The SMILES string of the molecule is CC1(C)CNC(C2CC2)CN1Cc1sccc1Cl. The average molecular weight is 285 g/mol. The maximum Gasteiger partial charge on any atom is 0.0558 e. The zero-order chi connectivity index (χ0) is 12.8. The third kappa shape index (κ3) is 2.60. The van der Waals surface area contributed by atoms with Crippen LogP contribution >= 0.6 is 22.9 Å². The van der Waals surface area contributed by atoms with E-state index in [1.807, 2.05) is 6.07 Å². The molecule has 0 spiro atoms. The molecule has 1 aliphatic carbocycles. The van der Waals surface area contributed by atoms with Gasteiger partial charge in [-0.2, -0.15) is 0 Å². The zero-order valence-electron chi connectivity index (χ0n) is 11.1. The highest BCUT2D eigenvalue weighted by Crippen LogP contribution is 2.36. The summed E-state index contributed by atoms with van der Waals surface area (Å²) < 4.78 is 0. The summed E-state index contributed by atoms with van der Waals surface area (Å²) in [5.74, 6) is 0.919. The average Bonchev–Trinajstić information content (AvgIpc) is 3.07. The molecule has 4 heteroatoms. The van der Waals surface area contributed by atoms with E-state index in [9.17, 15) is 0 Å². The van der Waals surface area contributed by atoms with E-state index in [1.54, 1.807) is 11.3 Å². The van der Waals surface area contributed by atoms with Crippen LogP contribution in [-0.4, -0.2) is 29.6 Å². The predicted molar refractivity (Wildman–Crippen MR) is 78.3 cm³/mol. The van der Waals surface area contributed by atoms with Gasteiger partial charge in [0.2, 0.25) is 0 Å². The zero-order valence-corrected chi connectivity index (χ0v) is 12.7. The van der Waals surface area contributed by atoms with Gasteiger partial charge in [0.05, 0.1) is 5.02 Å². The molecular formula is C14H21ClN2S. The van der Waals surface area contributed by atoms with E-state index in [4.69, 9.17) is 11.6 Å². The monoisotopic (exact) mass is 284 g/mol. The van der Waals surface area contributed by atoms with Crippen LogP contribution in [0.5, 0.6) is 0 Å². The number of hydrogen-bond donors (Lipinski definition) is 1. The van der Waals surface area contributed by atoms with Crippen molar-refractivity contribution in [3.05, 3.63) is 21.3 Å². The Balaban J connectivity index is 1.72. The Hall–Kier alpha value is -0.0900. The fraction of sp³-hybridized carbons (Fsp3) is 0.714. The second kappa shape index (κ2) is 4.78. The van der Waals surface area contributed by atoms with Gasteiger partial charge in [-0.1, -0.05) is 11.6 Å². The number of rotatable bonds is 3. The molecule has 1 aromatic rings. The molecule has 1 N–H and O–H groups in total. The van der Waals surface area contributed by atoms with Gasteiger partial charge in [-0.05, 0) is 44.1 Å². The molecule has 1 unspecified atom stereocenters. The van der Waals surface area contributed by atoms with Crippen molar-refractivity contribution in [2.24, 2.45) is 5.92 Å². The highest BCUT2D eigenvalue weighted by atomic mass is 35.5. The van der Waals surface area contributed by atoms with Crippen molar-refractivity contribution in [1.82, 2.24) is 10.2 Å². The summed E-state index contributed by atoms with van der Waals surface area (Å²) in [5.41, 5.74) is 0.221. The summed E-state index contributed by atoms with van der Waals surface area (Å²) in [6, 6.07) is 2.70. The predicted octanol–water partition coefficient (Wildman–Crippen LogP) is 3.36. The first-order valence-corrected chi connectivity index (χ1v) is 8.02. The van der Waals surface area contributed by atoms with Crippen LogP contribution in [0.2, 0.25) is 5.02 Å². The lowest BCUT2D eigenvalue weighted by molar-refractivity contribution is 0.0543. The molecule has 1 aromatic heterocycles. The first kappa shape index (κ1) is 12.9. The summed E-state index contributed by atoms with van der Waals surface area (Å²) in [5, 5.41) is 6.74. The number of thiophene rings is 1. The molecule has 2 nitrogen and oxygen atoms in total. The van der Waals surface area contributed by atoms with E-state index in [0.29, 0.717) is 6.04 Å². The number of nitrogens with one attached hydrogen (secondary N) is 1. The maximum atomic E-state index is 6.23. The van der Waals surface area contributed by atoms with Gasteiger partial charge in [0.25, 0.3) is 0 Å². The Morgan fingerprint density at radius 2 is 2.28 bits per heavy atom.